The molecule has 0 fully saturated rings. The van der Waals surface area contributed by atoms with Gasteiger partial charge >= 0.3 is 0 Å². The van der Waals surface area contributed by atoms with Crippen LogP contribution in [0.25, 0.3) is 11.0 Å². The number of aryl methyl sites for hydroxylation is 1. The highest BCUT2D eigenvalue weighted by molar-refractivity contribution is 9.10. The van der Waals surface area contributed by atoms with Gasteiger partial charge in [-0.05, 0) is 43.3 Å². The van der Waals surface area contributed by atoms with Gasteiger partial charge in [0.15, 0.2) is 5.76 Å². The summed E-state index contributed by atoms with van der Waals surface area (Å²) in [5.74, 6) is -2.09. The molecule has 0 aliphatic heterocycles. The van der Waals surface area contributed by atoms with Crippen molar-refractivity contribution >= 4 is 32.7 Å². The van der Waals surface area contributed by atoms with Gasteiger partial charge in [-0.2, -0.15) is 0 Å². The first kappa shape index (κ1) is 13.9. The smallest absolute Gasteiger partial charge is 0.231 e. The van der Waals surface area contributed by atoms with Gasteiger partial charge in [-0.25, -0.2) is 8.78 Å². The summed E-state index contributed by atoms with van der Waals surface area (Å²) < 4.78 is 33.3. The topological polar surface area (TPSA) is 30.2 Å². The number of halogens is 3. The number of furan rings is 1. The summed E-state index contributed by atoms with van der Waals surface area (Å²) in [6.45, 7) is 1.71. The van der Waals surface area contributed by atoms with Crippen molar-refractivity contribution in [3.8, 4) is 0 Å². The predicted molar refractivity (Wildman–Crippen MR) is 78.4 cm³/mol. The monoisotopic (exact) mass is 350 g/mol. The van der Waals surface area contributed by atoms with Crippen molar-refractivity contribution in [2.75, 3.05) is 0 Å². The van der Waals surface area contributed by atoms with Crippen LogP contribution in [0.3, 0.4) is 0 Å². The third kappa shape index (κ3) is 2.38. The summed E-state index contributed by atoms with van der Waals surface area (Å²) in [5, 5.41) is 0.762. The zero-order chi connectivity index (χ0) is 15.1. The highest BCUT2D eigenvalue weighted by atomic mass is 79.9. The molecule has 2 aromatic carbocycles. The Morgan fingerprint density at radius 3 is 2.67 bits per heavy atom. The normalized spacial score (nSPS) is 11.0. The predicted octanol–water partition coefficient (Wildman–Crippen LogP) is 5.01. The molecule has 0 aliphatic rings. The number of rotatable bonds is 2. The van der Waals surface area contributed by atoms with Crippen LogP contribution in [0.2, 0.25) is 0 Å². The maximum absolute atomic E-state index is 13.7. The van der Waals surface area contributed by atoms with E-state index in [0.29, 0.717) is 11.1 Å². The van der Waals surface area contributed by atoms with E-state index >= 15 is 0 Å². The van der Waals surface area contributed by atoms with Gasteiger partial charge in [0.05, 0.1) is 5.56 Å². The molecule has 0 atom stereocenters. The molecule has 1 heterocycles. The highest BCUT2D eigenvalue weighted by Crippen LogP contribution is 2.29. The minimum Gasteiger partial charge on any atom is -0.452 e. The first-order valence-electron chi connectivity index (χ1n) is 6.16. The molecule has 0 amide bonds. The lowest BCUT2D eigenvalue weighted by Gasteiger charge is -2.01. The maximum atomic E-state index is 13.7. The molecule has 0 bridgehead atoms. The Labute approximate surface area is 127 Å². The summed E-state index contributed by atoms with van der Waals surface area (Å²) in [4.78, 5) is 12.4. The van der Waals surface area contributed by atoms with Crippen LogP contribution in [0.4, 0.5) is 8.78 Å². The average Bonchev–Trinajstić information content (AvgIpc) is 2.77. The lowest BCUT2D eigenvalue weighted by atomic mass is 10.0. The molecule has 21 heavy (non-hydrogen) atoms. The van der Waals surface area contributed by atoms with Crippen LogP contribution in [-0.2, 0) is 0 Å². The molecular weight excluding hydrogens is 342 g/mol. The van der Waals surface area contributed by atoms with Crippen LogP contribution in [0.15, 0.2) is 45.3 Å². The van der Waals surface area contributed by atoms with Gasteiger partial charge in [0, 0.05) is 15.4 Å². The molecular formula is C16H9BrF2O2. The Balaban J connectivity index is 2.18. The van der Waals surface area contributed by atoms with Crippen LogP contribution in [0, 0.1) is 18.6 Å². The van der Waals surface area contributed by atoms with E-state index in [1.807, 2.05) is 6.07 Å². The van der Waals surface area contributed by atoms with Gasteiger partial charge in [-0.1, -0.05) is 15.9 Å². The Hall–Kier alpha value is -2.01. The van der Waals surface area contributed by atoms with Crippen LogP contribution >= 0.6 is 15.9 Å². The van der Waals surface area contributed by atoms with E-state index in [1.165, 1.54) is 0 Å². The highest BCUT2D eigenvalue weighted by Gasteiger charge is 2.22. The van der Waals surface area contributed by atoms with Gasteiger partial charge in [0.25, 0.3) is 0 Å². The Bertz CT molecular complexity index is 868. The van der Waals surface area contributed by atoms with Gasteiger partial charge < -0.3 is 4.42 Å². The summed E-state index contributed by atoms with van der Waals surface area (Å²) in [7, 11) is 0. The van der Waals surface area contributed by atoms with Gasteiger partial charge in [-0.3, -0.25) is 4.79 Å². The molecule has 0 aliphatic carbocycles. The summed E-state index contributed by atoms with van der Waals surface area (Å²) >= 11 is 3.31. The van der Waals surface area contributed by atoms with Crippen LogP contribution < -0.4 is 0 Å². The van der Waals surface area contributed by atoms with Crippen molar-refractivity contribution in [2.45, 2.75) is 6.92 Å². The fourth-order valence-electron chi connectivity index (χ4n) is 2.21. The molecule has 0 N–H and O–H groups in total. The second-order valence-electron chi connectivity index (χ2n) is 4.65. The molecule has 0 unspecified atom stereocenters. The number of hydrogen-bond acceptors (Lipinski definition) is 2. The van der Waals surface area contributed by atoms with E-state index in [2.05, 4.69) is 15.9 Å². The largest absolute Gasteiger partial charge is 0.452 e. The van der Waals surface area contributed by atoms with Gasteiger partial charge in [-0.15, -0.1) is 0 Å². The Morgan fingerprint density at radius 2 is 1.90 bits per heavy atom. The standard InChI is InChI=1S/C16H9BrF2O2/c1-8-11-4-2-9(17)6-14(11)21-16(8)15(20)12-7-10(18)3-5-13(12)19/h2-7H,1H3. The summed E-state index contributed by atoms with van der Waals surface area (Å²) in [5.41, 5.74) is 0.782. The molecule has 0 saturated carbocycles. The van der Waals surface area contributed by atoms with Gasteiger partial charge in [0.1, 0.15) is 17.2 Å². The molecule has 0 spiro atoms. The van der Waals surface area contributed by atoms with Crippen molar-refractivity contribution in [3.63, 3.8) is 0 Å². The quantitative estimate of drug-likeness (QED) is 0.608. The Morgan fingerprint density at radius 1 is 1.14 bits per heavy atom. The Kier molecular flexibility index (Phi) is 3.37. The molecule has 3 aromatic rings. The third-order valence-corrected chi connectivity index (χ3v) is 3.77. The number of ketones is 1. The van der Waals surface area contributed by atoms with Crippen molar-refractivity contribution in [1.29, 1.82) is 0 Å². The van der Waals surface area contributed by atoms with Crippen LogP contribution in [-0.4, -0.2) is 5.78 Å². The second-order valence-corrected chi connectivity index (χ2v) is 5.57. The molecule has 0 saturated heterocycles. The van der Waals surface area contributed by atoms with E-state index in [4.69, 9.17) is 4.42 Å². The lowest BCUT2D eigenvalue weighted by molar-refractivity contribution is 0.101. The maximum Gasteiger partial charge on any atom is 0.231 e. The summed E-state index contributed by atoms with van der Waals surface area (Å²) in [6, 6.07) is 8.12. The minimum absolute atomic E-state index is 0.0209. The van der Waals surface area contributed by atoms with Crippen LogP contribution in [0.5, 0.6) is 0 Å². The fourth-order valence-corrected chi connectivity index (χ4v) is 2.55. The van der Waals surface area contributed by atoms with Crippen molar-refractivity contribution < 1.29 is 18.0 Å². The first-order valence-corrected chi connectivity index (χ1v) is 6.95. The van der Waals surface area contributed by atoms with Crippen molar-refractivity contribution in [1.82, 2.24) is 0 Å². The minimum atomic E-state index is -0.776. The fraction of sp³-hybridized carbons (Fsp3) is 0.0625. The number of benzene rings is 2. The molecule has 106 valence electrons. The number of carbonyl (C=O) groups is 1. The number of fused-ring (bicyclic) bond motifs is 1. The molecule has 1 aromatic heterocycles. The zero-order valence-electron chi connectivity index (χ0n) is 10.9. The van der Waals surface area contributed by atoms with E-state index in [1.54, 1.807) is 19.1 Å². The summed E-state index contributed by atoms with van der Waals surface area (Å²) in [6.07, 6.45) is 0. The van der Waals surface area contributed by atoms with Crippen LogP contribution in [0.1, 0.15) is 21.7 Å². The molecule has 5 heteroatoms. The average molecular weight is 351 g/mol. The van der Waals surface area contributed by atoms with E-state index in [9.17, 15) is 13.6 Å². The molecule has 3 rings (SSSR count). The number of hydrogen-bond donors (Lipinski definition) is 0. The zero-order valence-corrected chi connectivity index (χ0v) is 12.5. The van der Waals surface area contributed by atoms with Crippen molar-refractivity contribution in [3.05, 3.63) is 69.4 Å². The number of carbonyl (C=O) groups excluding carboxylic acids is 1. The third-order valence-electron chi connectivity index (χ3n) is 3.28. The van der Waals surface area contributed by atoms with Gasteiger partial charge in [0.2, 0.25) is 5.78 Å². The molecule has 2 nitrogen and oxygen atoms in total. The molecule has 0 radical (unpaired) electrons. The second kappa shape index (κ2) is 5.07. The van der Waals surface area contributed by atoms with E-state index in [-0.39, 0.29) is 11.3 Å². The van der Waals surface area contributed by atoms with Crippen molar-refractivity contribution in [2.24, 2.45) is 0 Å². The first-order chi connectivity index (χ1) is 9.97. The van der Waals surface area contributed by atoms with E-state index < -0.39 is 17.4 Å². The van der Waals surface area contributed by atoms with E-state index in [0.717, 1.165) is 28.1 Å². The SMILES string of the molecule is Cc1c(C(=O)c2cc(F)ccc2F)oc2cc(Br)ccc12. The lowest BCUT2D eigenvalue weighted by Crippen LogP contribution is -2.05.